The van der Waals surface area contributed by atoms with Crippen molar-refractivity contribution in [3.05, 3.63) is 29.6 Å². The number of fused-ring (bicyclic) bond motifs is 1. The summed E-state index contributed by atoms with van der Waals surface area (Å²) in [6.45, 7) is 5.36. The second kappa shape index (κ2) is 3.95. The van der Waals surface area contributed by atoms with Gasteiger partial charge in [0.05, 0.1) is 5.69 Å². The van der Waals surface area contributed by atoms with Crippen LogP contribution in [0.1, 0.15) is 36.8 Å². The Kier molecular flexibility index (Phi) is 2.73. The van der Waals surface area contributed by atoms with Gasteiger partial charge in [0.1, 0.15) is 11.5 Å². The van der Waals surface area contributed by atoms with Crippen LogP contribution in [-0.2, 0) is 16.0 Å². The first-order chi connectivity index (χ1) is 7.88. The molecule has 1 aromatic heterocycles. The number of pyridine rings is 1. The first kappa shape index (κ1) is 11.8. The van der Waals surface area contributed by atoms with E-state index in [9.17, 15) is 9.59 Å². The van der Waals surface area contributed by atoms with Gasteiger partial charge in [0.15, 0.2) is 5.78 Å². The molecule has 1 heterocycles. The van der Waals surface area contributed by atoms with Crippen LogP contribution >= 0.6 is 0 Å². The van der Waals surface area contributed by atoms with Crippen LogP contribution in [0.25, 0.3) is 0 Å². The van der Waals surface area contributed by atoms with Crippen molar-refractivity contribution in [3.63, 3.8) is 0 Å². The Morgan fingerprint density at radius 1 is 1.47 bits per heavy atom. The summed E-state index contributed by atoms with van der Waals surface area (Å²) >= 11 is 0. The van der Waals surface area contributed by atoms with E-state index >= 15 is 0 Å². The fourth-order valence-corrected chi connectivity index (χ4v) is 1.86. The number of carbonyl (C=O) groups excluding carboxylic acids is 2. The van der Waals surface area contributed by atoms with E-state index in [4.69, 9.17) is 4.74 Å². The highest BCUT2D eigenvalue weighted by Gasteiger charge is 2.38. The van der Waals surface area contributed by atoms with E-state index in [1.807, 2.05) is 0 Å². The third kappa shape index (κ3) is 2.35. The van der Waals surface area contributed by atoms with Gasteiger partial charge in [-0.25, -0.2) is 0 Å². The number of nitrogens with zero attached hydrogens (tertiary/aromatic N) is 1. The van der Waals surface area contributed by atoms with Crippen molar-refractivity contribution in [2.45, 2.75) is 32.8 Å². The molecule has 1 aliphatic carbocycles. The fourth-order valence-electron chi connectivity index (χ4n) is 1.86. The molecule has 17 heavy (non-hydrogen) atoms. The van der Waals surface area contributed by atoms with Crippen LogP contribution < -0.4 is 0 Å². The van der Waals surface area contributed by atoms with Crippen LogP contribution in [-0.4, -0.2) is 22.3 Å². The van der Waals surface area contributed by atoms with Gasteiger partial charge in [0.2, 0.25) is 0 Å². The lowest BCUT2D eigenvalue weighted by Crippen LogP contribution is -2.31. The standard InChI is InChI=1S/C13H15NO3/c1-13(2,3)17-12(16)9-7-10-8(11(9)15)5-4-6-14-10/h4-6,9H,7H2,1-3H3. The van der Waals surface area contributed by atoms with Crippen molar-refractivity contribution in [1.82, 2.24) is 4.98 Å². The molecule has 0 aromatic carbocycles. The molecule has 0 saturated carbocycles. The van der Waals surface area contributed by atoms with E-state index < -0.39 is 17.5 Å². The van der Waals surface area contributed by atoms with Gasteiger partial charge >= 0.3 is 5.97 Å². The minimum absolute atomic E-state index is 0.178. The molecule has 1 unspecified atom stereocenters. The predicted molar refractivity (Wildman–Crippen MR) is 61.6 cm³/mol. The summed E-state index contributed by atoms with van der Waals surface area (Å²) in [5.74, 6) is -1.36. The summed E-state index contributed by atoms with van der Waals surface area (Å²) in [6.07, 6.45) is 1.98. The summed E-state index contributed by atoms with van der Waals surface area (Å²) in [5.41, 5.74) is 0.663. The maximum atomic E-state index is 12.0. The molecule has 4 heteroatoms. The summed E-state index contributed by atoms with van der Waals surface area (Å²) in [7, 11) is 0. The zero-order valence-electron chi connectivity index (χ0n) is 10.2. The maximum Gasteiger partial charge on any atom is 0.317 e. The van der Waals surface area contributed by atoms with Crippen molar-refractivity contribution in [2.24, 2.45) is 5.92 Å². The van der Waals surface area contributed by atoms with Crippen LogP contribution in [0.2, 0.25) is 0 Å². The lowest BCUT2D eigenvalue weighted by molar-refractivity contribution is -0.157. The molecular weight excluding hydrogens is 218 g/mol. The quantitative estimate of drug-likeness (QED) is 0.548. The van der Waals surface area contributed by atoms with Gasteiger partial charge < -0.3 is 4.74 Å². The Morgan fingerprint density at radius 3 is 2.76 bits per heavy atom. The van der Waals surface area contributed by atoms with Gasteiger partial charge in [0, 0.05) is 18.2 Å². The van der Waals surface area contributed by atoms with Crippen molar-refractivity contribution >= 4 is 11.8 Å². The largest absolute Gasteiger partial charge is 0.459 e. The molecule has 0 amide bonds. The molecular formula is C13H15NO3. The SMILES string of the molecule is CC(C)(C)OC(=O)C1Cc2ncccc2C1=O. The van der Waals surface area contributed by atoms with E-state index in [1.54, 1.807) is 39.1 Å². The first-order valence-corrected chi connectivity index (χ1v) is 5.59. The molecule has 1 atom stereocenters. The molecule has 1 aromatic rings. The van der Waals surface area contributed by atoms with Gasteiger partial charge in [-0.15, -0.1) is 0 Å². The van der Waals surface area contributed by atoms with Gasteiger partial charge in [-0.1, -0.05) is 0 Å². The number of ether oxygens (including phenoxy) is 1. The van der Waals surface area contributed by atoms with Gasteiger partial charge in [-0.05, 0) is 32.9 Å². The van der Waals surface area contributed by atoms with E-state index in [0.717, 1.165) is 0 Å². The lowest BCUT2D eigenvalue weighted by Gasteiger charge is -2.21. The van der Waals surface area contributed by atoms with Crippen LogP contribution in [0.4, 0.5) is 0 Å². The van der Waals surface area contributed by atoms with Crippen LogP contribution in [0.5, 0.6) is 0 Å². The van der Waals surface area contributed by atoms with Gasteiger partial charge in [0.25, 0.3) is 0 Å². The predicted octanol–water partition coefficient (Wildman–Crippen LogP) is 1.78. The fraction of sp³-hybridized carbons (Fsp3) is 0.462. The Morgan fingerprint density at radius 2 is 2.18 bits per heavy atom. The maximum absolute atomic E-state index is 12.0. The highest BCUT2D eigenvalue weighted by atomic mass is 16.6. The molecule has 0 spiro atoms. The Labute approximate surface area is 100 Å². The van der Waals surface area contributed by atoms with Crippen molar-refractivity contribution in [3.8, 4) is 0 Å². The highest BCUT2D eigenvalue weighted by Crippen LogP contribution is 2.27. The smallest absolute Gasteiger partial charge is 0.317 e. The molecule has 2 rings (SSSR count). The lowest BCUT2D eigenvalue weighted by atomic mass is 10.1. The second-order valence-corrected chi connectivity index (χ2v) is 5.15. The Balaban J connectivity index is 2.18. The van der Waals surface area contributed by atoms with Gasteiger partial charge in [-0.2, -0.15) is 0 Å². The summed E-state index contributed by atoms with van der Waals surface area (Å²) in [6, 6.07) is 3.41. The third-order valence-electron chi connectivity index (χ3n) is 2.56. The van der Waals surface area contributed by atoms with Crippen molar-refractivity contribution in [1.29, 1.82) is 0 Å². The van der Waals surface area contributed by atoms with E-state index in [0.29, 0.717) is 17.7 Å². The van der Waals surface area contributed by atoms with Crippen molar-refractivity contribution < 1.29 is 14.3 Å². The summed E-state index contributed by atoms with van der Waals surface area (Å²) in [5, 5.41) is 0. The molecule has 0 radical (unpaired) electrons. The number of hydrogen-bond donors (Lipinski definition) is 0. The highest BCUT2D eigenvalue weighted by molar-refractivity contribution is 6.11. The summed E-state index contributed by atoms with van der Waals surface area (Å²) < 4.78 is 5.24. The first-order valence-electron chi connectivity index (χ1n) is 5.59. The van der Waals surface area contributed by atoms with E-state index in [2.05, 4.69) is 4.98 Å². The average molecular weight is 233 g/mol. The molecule has 0 fully saturated rings. The molecule has 0 saturated heterocycles. The van der Waals surface area contributed by atoms with E-state index in [-0.39, 0.29) is 5.78 Å². The topological polar surface area (TPSA) is 56.3 Å². The number of hydrogen-bond acceptors (Lipinski definition) is 4. The third-order valence-corrected chi connectivity index (χ3v) is 2.56. The zero-order valence-corrected chi connectivity index (χ0v) is 10.2. The molecule has 0 N–H and O–H groups in total. The molecule has 0 aliphatic heterocycles. The average Bonchev–Trinajstić information content (AvgIpc) is 2.55. The number of ketones is 1. The zero-order chi connectivity index (χ0) is 12.6. The number of esters is 1. The number of carbonyl (C=O) groups is 2. The molecule has 1 aliphatic rings. The second-order valence-electron chi connectivity index (χ2n) is 5.15. The molecule has 90 valence electrons. The van der Waals surface area contributed by atoms with E-state index in [1.165, 1.54) is 0 Å². The number of rotatable bonds is 1. The monoisotopic (exact) mass is 233 g/mol. The molecule has 4 nitrogen and oxygen atoms in total. The minimum atomic E-state index is -0.723. The van der Waals surface area contributed by atoms with Crippen LogP contribution in [0.15, 0.2) is 18.3 Å². The van der Waals surface area contributed by atoms with Gasteiger partial charge in [-0.3, -0.25) is 14.6 Å². The van der Waals surface area contributed by atoms with Crippen LogP contribution in [0, 0.1) is 5.92 Å². The van der Waals surface area contributed by atoms with Crippen LogP contribution in [0.3, 0.4) is 0 Å². The summed E-state index contributed by atoms with van der Waals surface area (Å²) in [4.78, 5) is 28.0. The Bertz CT molecular complexity index is 474. The Hall–Kier alpha value is -1.71. The van der Waals surface area contributed by atoms with Crippen molar-refractivity contribution in [2.75, 3.05) is 0 Å². The number of Topliss-reactive ketones (excluding diaryl/α,β-unsaturated/α-hetero) is 1. The molecule has 0 bridgehead atoms. The minimum Gasteiger partial charge on any atom is -0.459 e. The normalized spacial score (nSPS) is 19.0. The number of aromatic nitrogens is 1.